The summed E-state index contributed by atoms with van der Waals surface area (Å²) >= 11 is 0. The third-order valence-electron chi connectivity index (χ3n) is 4.97. The number of anilines is 1. The molecule has 0 fully saturated rings. The molecule has 3 rings (SSSR count). The summed E-state index contributed by atoms with van der Waals surface area (Å²) in [6, 6.07) is 12.8. The van der Waals surface area contributed by atoms with Crippen LogP contribution in [0.15, 0.2) is 29.8 Å². The molecule has 4 heteroatoms. The highest BCUT2D eigenvalue weighted by molar-refractivity contribution is 6.07. The monoisotopic (exact) mass is 341 g/mol. The SMILES string of the molecule is CC1=C(C#N)c2[nH+]c(N)c(C#N)c(C)c2C1=Cc1ccc(C(C)C)cc1. The number of fused-ring (bicyclic) bond motifs is 1. The summed E-state index contributed by atoms with van der Waals surface area (Å²) in [6.45, 7) is 8.15. The molecule has 0 bridgehead atoms. The standard InChI is InChI=1S/C22H20N4/c1-12(2)16-7-5-15(6-8-16)9-17-13(3)18(10-23)21-20(17)14(4)19(11-24)22(25)26-21/h5-9,12H,1-4H3,(H2,25,26)/p+1. The smallest absolute Gasteiger partial charge is 0.286 e. The Morgan fingerprint density at radius 2 is 1.73 bits per heavy atom. The highest BCUT2D eigenvalue weighted by Gasteiger charge is 2.32. The van der Waals surface area contributed by atoms with Gasteiger partial charge in [0.25, 0.3) is 5.82 Å². The molecular formula is C22H21N4+. The van der Waals surface area contributed by atoms with Crippen LogP contribution in [0.5, 0.6) is 0 Å². The fourth-order valence-corrected chi connectivity index (χ4v) is 3.42. The molecule has 1 aromatic carbocycles. The van der Waals surface area contributed by atoms with Gasteiger partial charge in [-0.15, -0.1) is 0 Å². The number of aromatic nitrogens is 1. The number of hydrogen-bond acceptors (Lipinski definition) is 3. The minimum Gasteiger partial charge on any atom is -0.286 e. The predicted octanol–water partition coefficient (Wildman–Crippen LogP) is 4.24. The summed E-state index contributed by atoms with van der Waals surface area (Å²) in [5, 5.41) is 19.0. The van der Waals surface area contributed by atoms with Crippen LogP contribution < -0.4 is 10.7 Å². The fraction of sp³-hybridized carbons (Fsp3) is 0.227. The maximum Gasteiger partial charge on any atom is 0.289 e. The summed E-state index contributed by atoms with van der Waals surface area (Å²) in [6.07, 6.45) is 2.07. The van der Waals surface area contributed by atoms with E-state index in [4.69, 9.17) is 5.73 Å². The van der Waals surface area contributed by atoms with Gasteiger partial charge < -0.3 is 0 Å². The van der Waals surface area contributed by atoms with E-state index in [1.54, 1.807) is 0 Å². The van der Waals surface area contributed by atoms with Crippen LogP contribution in [0.1, 0.15) is 60.2 Å². The van der Waals surface area contributed by atoms with E-state index in [1.165, 1.54) is 5.56 Å². The van der Waals surface area contributed by atoms with Crippen molar-refractivity contribution in [1.29, 1.82) is 10.5 Å². The van der Waals surface area contributed by atoms with E-state index in [2.05, 4.69) is 61.3 Å². The van der Waals surface area contributed by atoms with Crippen molar-refractivity contribution in [1.82, 2.24) is 0 Å². The average Bonchev–Trinajstić information content (AvgIpc) is 2.87. The number of nitrogens with two attached hydrogens (primary N) is 1. The van der Waals surface area contributed by atoms with E-state index >= 15 is 0 Å². The zero-order valence-corrected chi connectivity index (χ0v) is 15.4. The molecule has 4 nitrogen and oxygen atoms in total. The highest BCUT2D eigenvalue weighted by atomic mass is 14.9. The first kappa shape index (κ1) is 17.5. The predicted molar refractivity (Wildman–Crippen MR) is 103 cm³/mol. The van der Waals surface area contributed by atoms with Crippen LogP contribution in [0.25, 0.3) is 17.2 Å². The van der Waals surface area contributed by atoms with Crippen molar-refractivity contribution < 1.29 is 4.98 Å². The molecule has 0 atom stereocenters. The van der Waals surface area contributed by atoms with E-state index in [0.717, 1.165) is 27.8 Å². The molecular weight excluding hydrogens is 320 g/mol. The number of nitrogen functional groups attached to an aromatic ring is 1. The summed E-state index contributed by atoms with van der Waals surface area (Å²) in [7, 11) is 0. The van der Waals surface area contributed by atoms with Crippen LogP contribution in [0.4, 0.5) is 5.82 Å². The number of benzene rings is 1. The Morgan fingerprint density at radius 1 is 1.08 bits per heavy atom. The summed E-state index contributed by atoms with van der Waals surface area (Å²) < 4.78 is 0. The molecule has 0 saturated carbocycles. The van der Waals surface area contributed by atoms with Gasteiger partial charge in [-0.25, -0.2) is 4.98 Å². The van der Waals surface area contributed by atoms with E-state index < -0.39 is 0 Å². The lowest BCUT2D eigenvalue weighted by atomic mass is 9.95. The lowest BCUT2D eigenvalue weighted by Crippen LogP contribution is -2.20. The first-order chi connectivity index (χ1) is 12.4. The number of aromatic amines is 1. The molecule has 0 unspecified atom stereocenters. The van der Waals surface area contributed by atoms with Crippen molar-refractivity contribution in [2.45, 2.75) is 33.6 Å². The molecule has 0 aliphatic heterocycles. The molecule has 1 aliphatic carbocycles. The van der Waals surface area contributed by atoms with Crippen molar-refractivity contribution >= 4 is 23.0 Å². The van der Waals surface area contributed by atoms with Crippen molar-refractivity contribution in [3.05, 3.63) is 63.3 Å². The number of nitrogens with one attached hydrogen (secondary N) is 1. The molecule has 128 valence electrons. The second kappa shape index (κ2) is 6.50. The molecule has 0 amide bonds. The van der Waals surface area contributed by atoms with Crippen LogP contribution in [-0.4, -0.2) is 0 Å². The van der Waals surface area contributed by atoms with E-state index in [0.29, 0.717) is 28.6 Å². The normalized spacial score (nSPS) is 14.5. The topological polar surface area (TPSA) is 87.7 Å². The van der Waals surface area contributed by atoms with Gasteiger partial charge in [-0.05, 0) is 53.7 Å². The van der Waals surface area contributed by atoms with Crippen molar-refractivity contribution in [2.24, 2.45) is 0 Å². The summed E-state index contributed by atoms with van der Waals surface area (Å²) in [4.78, 5) is 3.05. The molecule has 2 aromatic rings. The fourth-order valence-electron chi connectivity index (χ4n) is 3.42. The van der Waals surface area contributed by atoms with Gasteiger partial charge in [0.15, 0.2) is 5.69 Å². The Balaban J connectivity index is 2.23. The quantitative estimate of drug-likeness (QED) is 0.886. The molecule has 0 radical (unpaired) electrons. The largest absolute Gasteiger partial charge is 0.289 e. The van der Waals surface area contributed by atoms with Crippen LogP contribution in [0.2, 0.25) is 0 Å². The van der Waals surface area contributed by atoms with E-state index in [1.807, 2.05) is 13.8 Å². The lowest BCUT2D eigenvalue weighted by Gasteiger charge is -2.09. The van der Waals surface area contributed by atoms with Crippen LogP contribution in [0.3, 0.4) is 0 Å². The Bertz CT molecular complexity index is 1040. The number of hydrogen-bond donors (Lipinski definition) is 1. The number of pyridine rings is 1. The zero-order chi connectivity index (χ0) is 19.0. The van der Waals surface area contributed by atoms with Gasteiger partial charge in [0, 0.05) is 5.56 Å². The van der Waals surface area contributed by atoms with Gasteiger partial charge >= 0.3 is 0 Å². The Morgan fingerprint density at radius 3 is 2.27 bits per heavy atom. The number of nitrogens with zero attached hydrogens (tertiary/aromatic N) is 2. The first-order valence-electron chi connectivity index (χ1n) is 8.58. The number of nitriles is 2. The maximum absolute atomic E-state index is 9.61. The average molecular weight is 341 g/mol. The Labute approximate surface area is 153 Å². The Hall–Kier alpha value is -3.37. The lowest BCUT2D eigenvalue weighted by molar-refractivity contribution is -0.364. The molecule has 3 N–H and O–H groups in total. The summed E-state index contributed by atoms with van der Waals surface area (Å²) in [5.41, 5.74) is 13.6. The number of H-pyrrole nitrogens is 1. The van der Waals surface area contributed by atoms with Crippen molar-refractivity contribution in [3.8, 4) is 12.1 Å². The van der Waals surface area contributed by atoms with E-state index in [-0.39, 0.29) is 0 Å². The van der Waals surface area contributed by atoms with Crippen molar-refractivity contribution in [3.63, 3.8) is 0 Å². The number of rotatable bonds is 2. The Kier molecular flexibility index (Phi) is 4.36. The van der Waals surface area contributed by atoms with Crippen LogP contribution in [0, 0.1) is 29.6 Å². The summed E-state index contributed by atoms with van der Waals surface area (Å²) in [5.74, 6) is 0.778. The van der Waals surface area contributed by atoms with Gasteiger partial charge in [0.2, 0.25) is 0 Å². The first-order valence-corrected chi connectivity index (χ1v) is 8.58. The van der Waals surface area contributed by atoms with E-state index in [9.17, 15) is 10.5 Å². The molecule has 26 heavy (non-hydrogen) atoms. The van der Waals surface area contributed by atoms with Gasteiger partial charge in [-0.2, -0.15) is 10.5 Å². The number of allylic oxidation sites excluding steroid dienone is 3. The second-order valence-electron chi connectivity index (χ2n) is 6.89. The minimum atomic E-state index is 0.298. The van der Waals surface area contributed by atoms with Gasteiger partial charge in [-0.1, -0.05) is 38.1 Å². The molecule has 0 spiro atoms. The molecule has 0 saturated heterocycles. The maximum atomic E-state index is 9.61. The van der Waals surface area contributed by atoms with Gasteiger partial charge in [0.05, 0.1) is 0 Å². The third kappa shape index (κ3) is 2.66. The minimum absolute atomic E-state index is 0.298. The van der Waals surface area contributed by atoms with Crippen LogP contribution >= 0.6 is 0 Å². The van der Waals surface area contributed by atoms with Crippen LogP contribution in [-0.2, 0) is 0 Å². The van der Waals surface area contributed by atoms with Crippen molar-refractivity contribution in [2.75, 3.05) is 5.73 Å². The van der Waals surface area contributed by atoms with Gasteiger partial charge in [0.1, 0.15) is 23.3 Å². The molecule has 1 aromatic heterocycles. The third-order valence-corrected chi connectivity index (χ3v) is 4.97. The molecule has 1 aliphatic rings. The zero-order valence-electron chi connectivity index (χ0n) is 15.4. The highest BCUT2D eigenvalue weighted by Crippen LogP contribution is 2.42. The second-order valence-corrected chi connectivity index (χ2v) is 6.89. The van der Waals surface area contributed by atoms with Gasteiger partial charge in [-0.3, -0.25) is 5.73 Å². The molecule has 1 heterocycles.